The van der Waals surface area contributed by atoms with Crippen molar-refractivity contribution in [1.29, 1.82) is 0 Å². The Morgan fingerprint density at radius 1 is 0.792 bits per heavy atom. The molecule has 0 aliphatic carbocycles. The molecule has 0 fully saturated rings. The summed E-state index contributed by atoms with van der Waals surface area (Å²) >= 11 is 0. The topological polar surface area (TPSA) is 158 Å². The van der Waals surface area contributed by atoms with Gasteiger partial charge in [0.2, 0.25) is 23.9 Å². The number of hydrogen-bond donors (Lipinski definition) is 3. The number of nitrogen functional groups attached to an aromatic ring is 2. The number of nitrogens with two attached hydrogens (primary N) is 2. The first-order valence-corrected chi connectivity index (χ1v) is 6.70. The molecule has 138 valence electrons. The molecular formula is C12H24N6O6. The summed E-state index contributed by atoms with van der Waals surface area (Å²) in [6, 6.07) is 0. The van der Waals surface area contributed by atoms with Crippen LogP contribution in [0.15, 0.2) is 0 Å². The van der Waals surface area contributed by atoms with Gasteiger partial charge in [-0.2, -0.15) is 15.0 Å². The van der Waals surface area contributed by atoms with Crippen LogP contribution in [-0.4, -0.2) is 75.6 Å². The number of nitrogens with zero attached hydrogens (tertiary/aromatic N) is 3. The predicted octanol–water partition coefficient (Wildman–Crippen LogP) is -0.997. The van der Waals surface area contributed by atoms with Gasteiger partial charge in [-0.05, 0) is 0 Å². The lowest BCUT2D eigenvalue weighted by molar-refractivity contribution is -0.431. The summed E-state index contributed by atoms with van der Waals surface area (Å²) in [5.41, 5.74) is 11.1. The van der Waals surface area contributed by atoms with Gasteiger partial charge < -0.3 is 45.2 Å². The molecule has 0 radical (unpaired) electrons. The van der Waals surface area contributed by atoms with Crippen LogP contribution in [0.4, 0.5) is 17.8 Å². The molecule has 0 saturated carbocycles. The number of anilines is 3. The van der Waals surface area contributed by atoms with Crippen molar-refractivity contribution in [3.63, 3.8) is 0 Å². The number of rotatable bonds is 10. The van der Waals surface area contributed by atoms with E-state index < -0.39 is 18.0 Å². The van der Waals surface area contributed by atoms with Crippen LogP contribution in [-0.2, 0) is 28.4 Å². The summed E-state index contributed by atoms with van der Waals surface area (Å²) in [7, 11) is 8.22. The summed E-state index contributed by atoms with van der Waals surface area (Å²) in [6.45, 7) is 0. The molecule has 0 saturated heterocycles. The van der Waals surface area contributed by atoms with Gasteiger partial charge >= 0.3 is 5.97 Å². The average molecular weight is 348 g/mol. The molecule has 1 aromatic heterocycles. The van der Waals surface area contributed by atoms with Crippen LogP contribution in [0.25, 0.3) is 0 Å². The van der Waals surface area contributed by atoms with Crippen LogP contribution >= 0.6 is 0 Å². The van der Waals surface area contributed by atoms with Crippen LogP contribution in [0.1, 0.15) is 0 Å². The normalized spacial score (nSPS) is 13.8. The van der Waals surface area contributed by atoms with Crippen LogP contribution < -0.4 is 16.8 Å². The van der Waals surface area contributed by atoms with Gasteiger partial charge in [-0.15, -0.1) is 0 Å². The van der Waals surface area contributed by atoms with E-state index in [1.54, 1.807) is 0 Å². The van der Waals surface area contributed by atoms with E-state index in [0.29, 0.717) is 0 Å². The fourth-order valence-corrected chi connectivity index (χ4v) is 2.19. The lowest BCUT2D eigenvalue weighted by Gasteiger charge is -2.44. The van der Waals surface area contributed by atoms with E-state index in [1.165, 1.54) is 42.7 Å². The third kappa shape index (κ3) is 3.80. The summed E-state index contributed by atoms with van der Waals surface area (Å²) < 4.78 is 32.3. The second-order valence-corrected chi connectivity index (χ2v) is 4.41. The third-order valence-corrected chi connectivity index (χ3v) is 3.32. The van der Waals surface area contributed by atoms with Crippen molar-refractivity contribution in [3.8, 4) is 0 Å². The summed E-state index contributed by atoms with van der Waals surface area (Å²) in [5.74, 6) is -3.54. The molecular weight excluding hydrogens is 324 g/mol. The van der Waals surface area contributed by atoms with E-state index in [9.17, 15) is 0 Å². The van der Waals surface area contributed by atoms with E-state index in [4.69, 9.17) is 39.9 Å². The van der Waals surface area contributed by atoms with Crippen LogP contribution in [0.3, 0.4) is 0 Å². The summed E-state index contributed by atoms with van der Waals surface area (Å²) in [6.07, 6.45) is -1.10. The Hall–Kier alpha value is -1.83. The van der Waals surface area contributed by atoms with Gasteiger partial charge in [-0.25, -0.2) is 0 Å². The van der Waals surface area contributed by atoms with Crippen molar-refractivity contribution >= 4 is 17.8 Å². The van der Waals surface area contributed by atoms with Gasteiger partial charge in [0, 0.05) is 42.7 Å². The highest BCUT2D eigenvalue weighted by Gasteiger charge is 2.56. The van der Waals surface area contributed by atoms with E-state index in [2.05, 4.69) is 20.3 Å². The Labute approximate surface area is 139 Å². The van der Waals surface area contributed by atoms with Gasteiger partial charge in [-0.3, -0.25) is 0 Å². The van der Waals surface area contributed by atoms with Crippen molar-refractivity contribution in [2.45, 2.75) is 18.0 Å². The zero-order chi connectivity index (χ0) is 18.4. The quantitative estimate of drug-likeness (QED) is 0.443. The lowest BCUT2D eigenvalue weighted by atomic mass is 10.2. The molecule has 1 rings (SSSR count). The summed E-state index contributed by atoms with van der Waals surface area (Å²) in [5, 5.41) is 2.80. The highest BCUT2D eigenvalue weighted by Crippen LogP contribution is 2.32. The van der Waals surface area contributed by atoms with Gasteiger partial charge in [0.05, 0.1) is 0 Å². The Kier molecular flexibility index (Phi) is 7.01. The third-order valence-electron chi connectivity index (χ3n) is 3.32. The molecule has 24 heavy (non-hydrogen) atoms. The van der Waals surface area contributed by atoms with E-state index >= 15 is 0 Å². The Balaban J connectivity index is 3.34. The van der Waals surface area contributed by atoms with Crippen molar-refractivity contribution in [1.82, 2.24) is 15.0 Å². The maximum atomic E-state index is 5.56. The largest absolute Gasteiger partial charge is 0.368 e. The smallest absolute Gasteiger partial charge is 0.317 e. The molecule has 0 bridgehead atoms. The lowest BCUT2D eigenvalue weighted by Crippen LogP contribution is -2.65. The fraction of sp³-hybridized carbons (Fsp3) is 0.750. The minimum Gasteiger partial charge on any atom is -0.368 e. The van der Waals surface area contributed by atoms with Crippen LogP contribution in [0.2, 0.25) is 0 Å². The fourth-order valence-electron chi connectivity index (χ4n) is 2.19. The molecule has 0 spiro atoms. The zero-order valence-corrected chi connectivity index (χ0v) is 14.5. The molecule has 12 heteroatoms. The first-order valence-electron chi connectivity index (χ1n) is 6.70. The van der Waals surface area contributed by atoms with E-state index in [1.807, 2.05) is 0 Å². The van der Waals surface area contributed by atoms with Crippen molar-refractivity contribution in [2.75, 3.05) is 59.4 Å². The SMILES string of the molecule is COC(C(Nc1nc(N)nc(N)n1)(OC)OC)C(OC)(OC)OC. The minimum absolute atomic E-state index is 0.0111. The molecule has 12 nitrogen and oxygen atoms in total. The minimum atomic E-state index is -1.68. The molecule has 1 aromatic rings. The molecule has 1 unspecified atom stereocenters. The Morgan fingerprint density at radius 3 is 1.58 bits per heavy atom. The molecule has 1 atom stereocenters. The van der Waals surface area contributed by atoms with Gasteiger partial charge in [0.25, 0.3) is 5.91 Å². The van der Waals surface area contributed by atoms with Crippen LogP contribution in [0.5, 0.6) is 0 Å². The first kappa shape index (κ1) is 20.2. The van der Waals surface area contributed by atoms with Gasteiger partial charge in [0.15, 0.2) is 0 Å². The van der Waals surface area contributed by atoms with Gasteiger partial charge in [-0.1, -0.05) is 0 Å². The highest BCUT2D eigenvalue weighted by atomic mass is 16.9. The standard InChI is InChI=1S/C12H24N6O6/c1-19-7(12(22-4,23-5)24-6)11(20-2,21-3)18-10-16-8(13)15-9(14)17-10/h7H,1-6H3,(H5,13,14,15,16,17,18). The van der Waals surface area contributed by atoms with Gasteiger partial charge in [0.1, 0.15) is 0 Å². The Bertz CT molecular complexity index is 496. The molecule has 1 heterocycles. The van der Waals surface area contributed by atoms with E-state index in [-0.39, 0.29) is 17.8 Å². The molecule has 0 aliphatic rings. The Morgan fingerprint density at radius 2 is 1.25 bits per heavy atom. The summed E-state index contributed by atoms with van der Waals surface area (Å²) in [4.78, 5) is 11.5. The molecule has 0 amide bonds. The number of hydrogen-bond acceptors (Lipinski definition) is 12. The molecule has 5 N–H and O–H groups in total. The highest BCUT2D eigenvalue weighted by molar-refractivity contribution is 5.38. The number of nitrogens with one attached hydrogen (secondary N) is 1. The number of aromatic nitrogens is 3. The zero-order valence-electron chi connectivity index (χ0n) is 14.5. The number of ether oxygens (including phenoxy) is 6. The monoisotopic (exact) mass is 348 g/mol. The second kappa shape index (κ2) is 8.32. The second-order valence-electron chi connectivity index (χ2n) is 4.41. The van der Waals surface area contributed by atoms with Crippen molar-refractivity contribution in [2.24, 2.45) is 0 Å². The maximum Gasteiger partial charge on any atom is 0.317 e. The predicted molar refractivity (Wildman–Crippen MR) is 83.6 cm³/mol. The van der Waals surface area contributed by atoms with Crippen molar-refractivity contribution in [3.05, 3.63) is 0 Å². The average Bonchev–Trinajstić information content (AvgIpc) is 2.57. The maximum absolute atomic E-state index is 5.56. The van der Waals surface area contributed by atoms with Crippen molar-refractivity contribution < 1.29 is 28.4 Å². The van der Waals surface area contributed by atoms with E-state index in [0.717, 1.165) is 0 Å². The first-order chi connectivity index (χ1) is 11.4. The molecule has 0 aromatic carbocycles. The molecule has 0 aliphatic heterocycles. The van der Waals surface area contributed by atoms with Crippen LogP contribution in [0, 0.1) is 0 Å². The number of methoxy groups -OCH3 is 6.